The minimum atomic E-state index is -0.255. The quantitative estimate of drug-likeness (QED) is 0.385. The van der Waals surface area contributed by atoms with Crippen LogP contribution in [-0.2, 0) is 16.0 Å². The standard InChI is InChI=1S/C25H30N4O2S/c1-17-16-18(2)27-25(26-17)32-22-21(28-20-12-8-3-4-9-13-20)23(30)29(24(22)31)15-14-19-10-6-5-7-11-19/h5-7,10-11,16,20,28H,3-4,8-9,12-15H2,1-2H3. The van der Waals surface area contributed by atoms with E-state index in [-0.39, 0.29) is 17.9 Å². The van der Waals surface area contributed by atoms with E-state index in [9.17, 15) is 9.59 Å². The molecule has 0 atom stereocenters. The number of benzene rings is 1. The SMILES string of the molecule is Cc1cc(C)nc(SC2=C(NC3CCCCCC3)C(=O)N(CCc3ccccc3)C2=O)n1. The maximum Gasteiger partial charge on any atom is 0.278 e. The molecule has 2 aliphatic rings. The van der Waals surface area contributed by atoms with Crippen LogP contribution >= 0.6 is 11.8 Å². The summed E-state index contributed by atoms with van der Waals surface area (Å²) < 4.78 is 0. The molecule has 0 bridgehead atoms. The van der Waals surface area contributed by atoms with E-state index in [2.05, 4.69) is 15.3 Å². The van der Waals surface area contributed by atoms with Crippen LogP contribution < -0.4 is 5.32 Å². The number of rotatable bonds is 7. The summed E-state index contributed by atoms with van der Waals surface area (Å²) in [6.07, 6.45) is 7.42. The summed E-state index contributed by atoms with van der Waals surface area (Å²) in [4.78, 5) is 37.5. The largest absolute Gasteiger partial charge is 0.377 e. The Morgan fingerprint density at radius 2 is 1.62 bits per heavy atom. The van der Waals surface area contributed by atoms with E-state index < -0.39 is 0 Å². The molecule has 2 heterocycles. The van der Waals surface area contributed by atoms with Gasteiger partial charge < -0.3 is 5.32 Å². The topological polar surface area (TPSA) is 75.2 Å². The van der Waals surface area contributed by atoms with Crippen molar-refractivity contribution in [2.75, 3.05) is 6.54 Å². The number of hydrogen-bond acceptors (Lipinski definition) is 6. The normalized spacial score (nSPS) is 17.8. The van der Waals surface area contributed by atoms with Gasteiger partial charge >= 0.3 is 0 Å². The maximum atomic E-state index is 13.4. The number of amides is 2. The zero-order valence-electron chi connectivity index (χ0n) is 18.8. The molecule has 7 heteroatoms. The van der Waals surface area contributed by atoms with Gasteiger partial charge in [-0.3, -0.25) is 14.5 Å². The Morgan fingerprint density at radius 1 is 0.969 bits per heavy atom. The lowest BCUT2D eigenvalue weighted by Crippen LogP contribution is -2.37. The molecule has 1 N–H and O–H groups in total. The monoisotopic (exact) mass is 450 g/mol. The second-order valence-corrected chi connectivity index (χ2v) is 9.55. The summed E-state index contributed by atoms with van der Waals surface area (Å²) in [6.45, 7) is 4.17. The van der Waals surface area contributed by atoms with E-state index in [1.807, 2.05) is 50.2 Å². The molecule has 168 valence electrons. The van der Waals surface area contributed by atoms with Gasteiger partial charge in [-0.2, -0.15) is 0 Å². The fourth-order valence-electron chi connectivity index (χ4n) is 4.32. The van der Waals surface area contributed by atoms with Gasteiger partial charge in [0.05, 0.1) is 0 Å². The highest BCUT2D eigenvalue weighted by molar-refractivity contribution is 8.04. The van der Waals surface area contributed by atoms with Crippen molar-refractivity contribution in [1.29, 1.82) is 0 Å². The summed E-state index contributed by atoms with van der Waals surface area (Å²) in [5.41, 5.74) is 3.21. The van der Waals surface area contributed by atoms with Crippen LogP contribution in [0.25, 0.3) is 0 Å². The highest BCUT2D eigenvalue weighted by Gasteiger charge is 2.40. The minimum absolute atomic E-state index is 0.217. The average Bonchev–Trinajstić information content (AvgIpc) is 2.95. The Labute approximate surface area is 193 Å². The van der Waals surface area contributed by atoms with Gasteiger partial charge in [0, 0.05) is 24.0 Å². The fraction of sp³-hybridized carbons (Fsp3) is 0.440. The van der Waals surface area contributed by atoms with Gasteiger partial charge in [-0.05, 0) is 56.5 Å². The molecule has 1 aromatic heterocycles. The number of thioether (sulfide) groups is 1. The van der Waals surface area contributed by atoms with Crippen molar-refractivity contribution >= 4 is 23.6 Å². The molecular formula is C25H30N4O2S. The Bertz CT molecular complexity index is 994. The summed E-state index contributed by atoms with van der Waals surface area (Å²) in [5.74, 6) is -0.489. The molecule has 0 radical (unpaired) electrons. The van der Waals surface area contributed by atoms with E-state index >= 15 is 0 Å². The number of nitrogens with zero attached hydrogens (tertiary/aromatic N) is 3. The van der Waals surface area contributed by atoms with Gasteiger partial charge in [0.25, 0.3) is 11.8 Å². The first kappa shape index (κ1) is 22.5. The molecule has 1 aliphatic carbocycles. The van der Waals surface area contributed by atoms with Gasteiger partial charge in [0.15, 0.2) is 5.16 Å². The van der Waals surface area contributed by atoms with Crippen LogP contribution in [-0.4, -0.2) is 39.3 Å². The number of nitrogens with one attached hydrogen (secondary N) is 1. The van der Waals surface area contributed by atoms with Crippen LogP contribution in [0.15, 0.2) is 52.2 Å². The number of imide groups is 1. The maximum absolute atomic E-state index is 13.4. The number of carbonyl (C=O) groups is 2. The second kappa shape index (κ2) is 10.3. The van der Waals surface area contributed by atoms with Crippen LogP contribution in [0.2, 0.25) is 0 Å². The van der Waals surface area contributed by atoms with Gasteiger partial charge in [0.1, 0.15) is 10.6 Å². The molecule has 1 fully saturated rings. The average molecular weight is 451 g/mol. The Hall–Kier alpha value is -2.67. The van der Waals surface area contributed by atoms with Gasteiger partial charge in [0.2, 0.25) is 0 Å². The first-order chi connectivity index (χ1) is 15.5. The Balaban J connectivity index is 1.58. The van der Waals surface area contributed by atoms with E-state index in [4.69, 9.17) is 0 Å². The lowest BCUT2D eigenvalue weighted by Gasteiger charge is -2.19. The fourth-order valence-corrected chi connectivity index (χ4v) is 5.33. The number of aryl methyl sites for hydroxylation is 2. The first-order valence-electron chi connectivity index (χ1n) is 11.4. The van der Waals surface area contributed by atoms with Crippen molar-refractivity contribution in [3.8, 4) is 0 Å². The van der Waals surface area contributed by atoms with Gasteiger partial charge in [-0.1, -0.05) is 56.0 Å². The van der Waals surface area contributed by atoms with Crippen LogP contribution in [0.4, 0.5) is 0 Å². The molecule has 0 saturated heterocycles. The van der Waals surface area contributed by atoms with Crippen LogP contribution in [0, 0.1) is 13.8 Å². The van der Waals surface area contributed by atoms with Gasteiger partial charge in [-0.15, -0.1) is 0 Å². The Morgan fingerprint density at radius 3 is 2.28 bits per heavy atom. The summed E-state index contributed by atoms with van der Waals surface area (Å²) in [7, 11) is 0. The smallest absolute Gasteiger partial charge is 0.278 e. The lowest BCUT2D eigenvalue weighted by molar-refractivity contribution is -0.137. The number of aromatic nitrogens is 2. The predicted octanol–water partition coefficient (Wildman–Crippen LogP) is 4.32. The lowest BCUT2D eigenvalue weighted by atomic mass is 10.1. The summed E-state index contributed by atoms with van der Waals surface area (Å²) in [6, 6.07) is 12.1. The first-order valence-corrected chi connectivity index (χ1v) is 12.2. The highest BCUT2D eigenvalue weighted by atomic mass is 32.2. The van der Waals surface area contributed by atoms with Crippen LogP contribution in [0.3, 0.4) is 0 Å². The molecule has 1 aliphatic heterocycles. The summed E-state index contributed by atoms with van der Waals surface area (Å²) >= 11 is 1.20. The van der Waals surface area contributed by atoms with E-state index in [1.165, 1.54) is 29.5 Å². The van der Waals surface area contributed by atoms with Crippen molar-refractivity contribution in [2.24, 2.45) is 0 Å². The molecule has 4 rings (SSSR count). The third-order valence-corrected chi connectivity index (χ3v) is 6.90. The van der Waals surface area contributed by atoms with E-state index in [0.29, 0.717) is 28.7 Å². The third-order valence-electron chi connectivity index (χ3n) is 5.95. The summed E-state index contributed by atoms with van der Waals surface area (Å²) in [5, 5.41) is 3.96. The molecule has 0 spiro atoms. The number of hydrogen-bond donors (Lipinski definition) is 1. The molecule has 2 aromatic rings. The molecule has 6 nitrogen and oxygen atoms in total. The van der Waals surface area contributed by atoms with Crippen molar-refractivity contribution in [3.05, 3.63) is 64.0 Å². The van der Waals surface area contributed by atoms with Crippen molar-refractivity contribution < 1.29 is 9.59 Å². The van der Waals surface area contributed by atoms with Crippen molar-refractivity contribution in [1.82, 2.24) is 20.2 Å². The molecular weight excluding hydrogens is 420 g/mol. The van der Waals surface area contributed by atoms with Crippen LogP contribution in [0.5, 0.6) is 0 Å². The second-order valence-electron chi connectivity index (χ2n) is 8.57. The van der Waals surface area contributed by atoms with Gasteiger partial charge in [-0.25, -0.2) is 9.97 Å². The Kier molecular flexibility index (Phi) is 7.25. The predicted molar refractivity (Wildman–Crippen MR) is 126 cm³/mol. The zero-order chi connectivity index (χ0) is 22.5. The van der Waals surface area contributed by atoms with E-state index in [1.54, 1.807) is 0 Å². The minimum Gasteiger partial charge on any atom is -0.377 e. The molecule has 2 amide bonds. The van der Waals surface area contributed by atoms with Crippen LogP contribution in [0.1, 0.15) is 55.5 Å². The third kappa shape index (κ3) is 5.38. The molecule has 1 aromatic carbocycles. The molecule has 32 heavy (non-hydrogen) atoms. The highest BCUT2D eigenvalue weighted by Crippen LogP contribution is 2.34. The molecule has 0 unspecified atom stereocenters. The zero-order valence-corrected chi connectivity index (χ0v) is 19.6. The van der Waals surface area contributed by atoms with Crippen molar-refractivity contribution in [3.63, 3.8) is 0 Å². The number of carbonyl (C=O) groups excluding carboxylic acids is 2. The molecule has 1 saturated carbocycles. The van der Waals surface area contributed by atoms with E-state index in [0.717, 1.165) is 42.6 Å². The van der Waals surface area contributed by atoms with Crippen molar-refractivity contribution in [2.45, 2.75) is 70.0 Å².